The number of aromatic nitrogens is 4. The third kappa shape index (κ3) is 1.81. The lowest BCUT2D eigenvalue weighted by atomic mass is 10.2. The van der Waals surface area contributed by atoms with Crippen LogP contribution in [0.15, 0.2) is 29.0 Å². The second kappa shape index (κ2) is 4.48. The fourth-order valence-corrected chi connectivity index (χ4v) is 1.75. The van der Waals surface area contributed by atoms with E-state index in [-0.39, 0.29) is 0 Å². The molecule has 0 spiro atoms. The lowest BCUT2D eigenvalue weighted by Crippen LogP contribution is -2.05. The summed E-state index contributed by atoms with van der Waals surface area (Å²) in [4.78, 5) is 8.84. The molecule has 0 atom stereocenters. The minimum absolute atomic E-state index is 0.583. The van der Waals surface area contributed by atoms with Gasteiger partial charge in [-0.05, 0) is 18.6 Å². The molecule has 0 saturated carbocycles. The Hall–Kier alpha value is -2.37. The lowest BCUT2D eigenvalue weighted by molar-refractivity contribution is 0.580. The van der Waals surface area contributed by atoms with Crippen molar-refractivity contribution in [1.82, 2.24) is 20.2 Å². The normalized spacial score (nSPS) is 10.9. The van der Waals surface area contributed by atoms with Gasteiger partial charge in [-0.3, -0.25) is 5.10 Å². The van der Waals surface area contributed by atoms with E-state index in [1.807, 2.05) is 12.1 Å². The molecule has 0 fully saturated rings. The Morgan fingerprint density at radius 1 is 1.39 bits per heavy atom. The largest absolute Gasteiger partial charge is 0.463 e. The highest BCUT2D eigenvalue weighted by Gasteiger charge is 2.12. The number of hydrogen-bond acceptors (Lipinski definition) is 5. The van der Waals surface area contributed by atoms with Crippen molar-refractivity contribution in [3.05, 3.63) is 24.6 Å². The first-order chi connectivity index (χ1) is 8.88. The van der Waals surface area contributed by atoms with Gasteiger partial charge in [-0.1, -0.05) is 6.92 Å². The Labute approximate surface area is 103 Å². The first kappa shape index (κ1) is 10.8. The number of H-pyrrole nitrogens is 1. The molecule has 3 rings (SSSR count). The molecular weight excluding hydrogens is 230 g/mol. The van der Waals surface area contributed by atoms with Gasteiger partial charge in [-0.15, -0.1) is 0 Å². The van der Waals surface area contributed by atoms with Crippen LogP contribution in [0.5, 0.6) is 0 Å². The molecule has 0 radical (unpaired) electrons. The molecule has 3 aromatic rings. The minimum Gasteiger partial charge on any atom is -0.463 e. The molecule has 0 aliphatic carbocycles. The average molecular weight is 243 g/mol. The van der Waals surface area contributed by atoms with E-state index in [1.165, 1.54) is 0 Å². The van der Waals surface area contributed by atoms with Gasteiger partial charge in [0.2, 0.25) is 5.95 Å². The molecule has 0 unspecified atom stereocenters. The Morgan fingerprint density at radius 2 is 2.33 bits per heavy atom. The number of rotatable bonds is 4. The van der Waals surface area contributed by atoms with Gasteiger partial charge in [-0.25, -0.2) is 4.98 Å². The van der Waals surface area contributed by atoms with Gasteiger partial charge in [-0.2, -0.15) is 10.1 Å². The van der Waals surface area contributed by atoms with E-state index >= 15 is 0 Å². The number of furan rings is 1. The molecule has 6 heteroatoms. The maximum Gasteiger partial charge on any atom is 0.225 e. The summed E-state index contributed by atoms with van der Waals surface area (Å²) < 4.78 is 5.40. The summed E-state index contributed by atoms with van der Waals surface area (Å²) >= 11 is 0. The molecule has 2 N–H and O–H groups in total. The summed E-state index contributed by atoms with van der Waals surface area (Å²) in [5, 5.41) is 10.9. The molecule has 0 aliphatic heterocycles. The first-order valence-electron chi connectivity index (χ1n) is 5.87. The smallest absolute Gasteiger partial charge is 0.225 e. The number of nitrogens with zero attached hydrogens (tertiary/aromatic N) is 3. The molecule has 18 heavy (non-hydrogen) atoms. The van der Waals surface area contributed by atoms with Gasteiger partial charge >= 0.3 is 0 Å². The number of fused-ring (bicyclic) bond motifs is 1. The SMILES string of the molecule is CCCNc1nc(-c2ccco2)c2cn[nH]c2n1. The van der Waals surface area contributed by atoms with E-state index < -0.39 is 0 Å². The van der Waals surface area contributed by atoms with Gasteiger partial charge in [0.15, 0.2) is 11.4 Å². The molecule has 0 aliphatic rings. The lowest BCUT2D eigenvalue weighted by Gasteiger charge is -2.05. The highest BCUT2D eigenvalue weighted by Crippen LogP contribution is 2.26. The van der Waals surface area contributed by atoms with Crippen LogP contribution < -0.4 is 5.32 Å². The second-order valence-corrected chi connectivity index (χ2v) is 3.93. The minimum atomic E-state index is 0.583. The molecule has 3 aromatic heterocycles. The van der Waals surface area contributed by atoms with Crippen molar-refractivity contribution in [2.24, 2.45) is 0 Å². The van der Waals surface area contributed by atoms with E-state index in [2.05, 4.69) is 32.4 Å². The fourth-order valence-electron chi connectivity index (χ4n) is 1.75. The highest BCUT2D eigenvalue weighted by molar-refractivity contribution is 5.89. The topological polar surface area (TPSA) is 79.6 Å². The number of hydrogen-bond donors (Lipinski definition) is 2. The van der Waals surface area contributed by atoms with Gasteiger partial charge in [0.1, 0.15) is 5.69 Å². The van der Waals surface area contributed by atoms with Gasteiger partial charge in [0, 0.05) is 6.54 Å². The van der Waals surface area contributed by atoms with Crippen LogP contribution in [-0.2, 0) is 0 Å². The van der Waals surface area contributed by atoms with Gasteiger partial charge in [0.25, 0.3) is 0 Å². The molecule has 6 nitrogen and oxygen atoms in total. The third-order valence-electron chi connectivity index (χ3n) is 2.60. The van der Waals surface area contributed by atoms with Crippen LogP contribution in [-0.4, -0.2) is 26.7 Å². The number of anilines is 1. The monoisotopic (exact) mass is 243 g/mol. The molecule has 92 valence electrons. The molecule has 0 aromatic carbocycles. The van der Waals surface area contributed by atoms with E-state index in [0.29, 0.717) is 17.4 Å². The Morgan fingerprint density at radius 3 is 3.11 bits per heavy atom. The maximum absolute atomic E-state index is 5.40. The van der Waals surface area contributed by atoms with Crippen molar-refractivity contribution < 1.29 is 4.42 Å². The molecule has 0 bridgehead atoms. The number of aromatic amines is 1. The Bertz CT molecular complexity index is 644. The van der Waals surface area contributed by atoms with Crippen molar-refractivity contribution in [3.63, 3.8) is 0 Å². The summed E-state index contributed by atoms with van der Waals surface area (Å²) in [5.41, 5.74) is 1.45. The van der Waals surface area contributed by atoms with Crippen molar-refractivity contribution >= 4 is 17.0 Å². The standard InChI is InChI=1S/C12H13N5O/c1-2-5-13-12-15-10(9-4-3-6-18-9)8-7-14-17-11(8)16-12/h3-4,6-7H,2,5H2,1H3,(H2,13,14,15,16,17). The predicted octanol–water partition coefficient (Wildman–Crippen LogP) is 2.43. The van der Waals surface area contributed by atoms with Gasteiger partial charge < -0.3 is 9.73 Å². The molecule has 0 saturated heterocycles. The highest BCUT2D eigenvalue weighted by atomic mass is 16.3. The van der Waals surface area contributed by atoms with Crippen molar-refractivity contribution in [2.75, 3.05) is 11.9 Å². The summed E-state index contributed by atoms with van der Waals surface area (Å²) in [5.74, 6) is 1.29. The zero-order chi connectivity index (χ0) is 12.4. The van der Waals surface area contributed by atoms with Crippen molar-refractivity contribution in [3.8, 4) is 11.5 Å². The zero-order valence-electron chi connectivity index (χ0n) is 9.97. The van der Waals surface area contributed by atoms with E-state index in [1.54, 1.807) is 12.5 Å². The van der Waals surface area contributed by atoms with E-state index in [9.17, 15) is 0 Å². The Kier molecular flexibility index (Phi) is 2.68. The van der Waals surface area contributed by atoms with Crippen LogP contribution in [0.25, 0.3) is 22.5 Å². The molecular formula is C12H13N5O. The summed E-state index contributed by atoms with van der Waals surface area (Å²) in [6, 6.07) is 3.71. The zero-order valence-corrected chi connectivity index (χ0v) is 9.97. The molecule has 0 amide bonds. The quantitative estimate of drug-likeness (QED) is 0.735. The summed E-state index contributed by atoms with van der Waals surface area (Å²) in [6.07, 6.45) is 4.35. The van der Waals surface area contributed by atoms with E-state index in [4.69, 9.17) is 4.42 Å². The number of nitrogens with one attached hydrogen (secondary N) is 2. The van der Waals surface area contributed by atoms with Crippen LogP contribution >= 0.6 is 0 Å². The Balaban J connectivity index is 2.12. The van der Waals surface area contributed by atoms with E-state index in [0.717, 1.165) is 24.0 Å². The predicted molar refractivity (Wildman–Crippen MR) is 68.2 cm³/mol. The maximum atomic E-state index is 5.40. The summed E-state index contributed by atoms with van der Waals surface area (Å²) in [7, 11) is 0. The van der Waals surface area contributed by atoms with Crippen LogP contribution in [0.3, 0.4) is 0 Å². The molecule has 3 heterocycles. The van der Waals surface area contributed by atoms with Crippen LogP contribution in [0, 0.1) is 0 Å². The fraction of sp³-hybridized carbons (Fsp3) is 0.250. The van der Waals surface area contributed by atoms with Crippen LogP contribution in [0.1, 0.15) is 13.3 Å². The second-order valence-electron chi connectivity index (χ2n) is 3.93. The van der Waals surface area contributed by atoms with Crippen LogP contribution in [0.2, 0.25) is 0 Å². The van der Waals surface area contributed by atoms with Crippen molar-refractivity contribution in [2.45, 2.75) is 13.3 Å². The van der Waals surface area contributed by atoms with Crippen LogP contribution in [0.4, 0.5) is 5.95 Å². The third-order valence-corrected chi connectivity index (χ3v) is 2.60. The summed E-state index contributed by atoms with van der Waals surface area (Å²) in [6.45, 7) is 2.92. The van der Waals surface area contributed by atoms with Gasteiger partial charge in [0.05, 0.1) is 17.8 Å². The average Bonchev–Trinajstić information content (AvgIpc) is 3.05. The van der Waals surface area contributed by atoms with Crippen molar-refractivity contribution in [1.29, 1.82) is 0 Å². The first-order valence-corrected chi connectivity index (χ1v) is 5.87.